The number of thiol groups is 1. The Bertz CT molecular complexity index is 427. The van der Waals surface area contributed by atoms with Crippen molar-refractivity contribution < 1.29 is 9.53 Å². The molecule has 1 aromatic heterocycles. The summed E-state index contributed by atoms with van der Waals surface area (Å²) < 4.78 is 6.03. The van der Waals surface area contributed by atoms with Gasteiger partial charge in [0.05, 0.1) is 7.11 Å². The Morgan fingerprint density at radius 3 is 3.00 bits per heavy atom. The number of hydrogen-bond acceptors (Lipinski definition) is 4. The number of carbonyl (C=O) groups excluding carboxylic acids is 1. The molecule has 1 aliphatic heterocycles. The molecule has 0 N–H and O–H groups in total. The zero-order valence-electron chi connectivity index (χ0n) is 8.68. The molecule has 6 heteroatoms. The molecular weight excluding hydrogens is 292 g/mol. The van der Waals surface area contributed by atoms with Crippen molar-refractivity contribution in [2.75, 3.05) is 18.6 Å². The summed E-state index contributed by atoms with van der Waals surface area (Å²) in [5.74, 6) is 1.19. The van der Waals surface area contributed by atoms with Crippen molar-refractivity contribution in [2.24, 2.45) is 0 Å². The molecule has 0 radical (unpaired) electrons. The zero-order valence-corrected chi connectivity index (χ0v) is 11.2. The number of halogens is 1. The lowest BCUT2D eigenvalue weighted by Gasteiger charge is -2.17. The Kier molecular flexibility index (Phi) is 3.39. The molecule has 2 rings (SSSR count). The zero-order chi connectivity index (χ0) is 11.7. The highest BCUT2D eigenvalue weighted by Crippen LogP contribution is 2.32. The van der Waals surface area contributed by atoms with E-state index in [-0.39, 0.29) is 11.2 Å². The third kappa shape index (κ3) is 2.17. The maximum atomic E-state index is 11.7. The maximum Gasteiger partial charge on any atom is 0.229 e. The summed E-state index contributed by atoms with van der Waals surface area (Å²) in [6, 6.07) is 1.79. The number of carbonyl (C=O) groups is 1. The normalized spacial score (nSPS) is 20.3. The van der Waals surface area contributed by atoms with Gasteiger partial charge in [0.15, 0.2) is 11.6 Å². The summed E-state index contributed by atoms with van der Waals surface area (Å²) >= 11 is 7.62. The smallest absolute Gasteiger partial charge is 0.229 e. The number of methoxy groups -OCH3 is 1. The van der Waals surface area contributed by atoms with E-state index in [4.69, 9.17) is 4.74 Å². The number of rotatable bonds is 2. The highest BCUT2D eigenvalue weighted by molar-refractivity contribution is 9.10. The van der Waals surface area contributed by atoms with Crippen LogP contribution in [0.25, 0.3) is 0 Å². The lowest BCUT2D eigenvalue weighted by atomic mass is 10.4. The SMILES string of the molecule is COc1cc(Br)cnc1N1CC(S)CC1=O. The number of aromatic nitrogens is 1. The summed E-state index contributed by atoms with van der Waals surface area (Å²) in [7, 11) is 1.56. The van der Waals surface area contributed by atoms with Crippen molar-refractivity contribution in [2.45, 2.75) is 11.7 Å². The largest absolute Gasteiger partial charge is 0.493 e. The number of hydrogen-bond donors (Lipinski definition) is 1. The first kappa shape index (κ1) is 11.7. The molecule has 1 saturated heterocycles. The Morgan fingerprint density at radius 2 is 2.44 bits per heavy atom. The van der Waals surface area contributed by atoms with Gasteiger partial charge in [0, 0.05) is 28.9 Å². The highest BCUT2D eigenvalue weighted by atomic mass is 79.9. The van der Waals surface area contributed by atoms with Crippen LogP contribution in [-0.2, 0) is 4.79 Å². The molecule has 0 saturated carbocycles. The van der Waals surface area contributed by atoms with Crippen LogP contribution in [0.1, 0.15) is 6.42 Å². The Morgan fingerprint density at radius 1 is 1.69 bits per heavy atom. The number of nitrogens with zero attached hydrogens (tertiary/aromatic N) is 2. The van der Waals surface area contributed by atoms with Crippen LogP contribution in [0.4, 0.5) is 5.82 Å². The van der Waals surface area contributed by atoms with E-state index in [0.717, 1.165) is 4.47 Å². The van der Waals surface area contributed by atoms with E-state index < -0.39 is 0 Å². The fourth-order valence-electron chi connectivity index (χ4n) is 1.66. The van der Waals surface area contributed by atoms with E-state index in [9.17, 15) is 4.79 Å². The van der Waals surface area contributed by atoms with E-state index in [1.807, 2.05) is 0 Å². The van der Waals surface area contributed by atoms with Crippen LogP contribution in [0.2, 0.25) is 0 Å². The highest BCUT2D eigenvalue weighted by Gasteiger charge is 2.31. The first-order valence-electron chi connectivity index (χ1n) is 4.80. The van der Waals surface area contributed by atoms with E-state index >= 15 is 0 Å². The third-order valence-corrected chi connectivity index (χ3v) is 3.16. The molecule has 0 aliphatic carbocycles. The van der Waals surface area contributed by atoms with Crippen LogP contribution in [0.15, 0.2) is 16.7 Å². The fourth-order valence-corrected chi connectivity index (χ4v) is 2.29. The molecule has 1 aliphatic rings. The summed E-state index contributed by atoms with van der Waals surface area (Å²) in [6.07, 6.45) is 2.10. The van der Waals surface area contributed by atoms with Crippen molar-refractivity contribution in [3.63, 3.8) is 0 Å². The third-order valence-electron chi connectivity index (χ3n) is 2.38. The monoisotopic (exact) mass is 302 g/mol. The van der Waals surface area contributed by atoms with Crippen LogP contribution < -0.4 is 9.64 Å². The molecular formula is C10H11BrN2O2S. The van der Waals surface area contributed by atoms with Gasteiger partial charge in [-0.1, -0.05) is 0 Å². The second-order valence-electron chi connectivity index (χ2n) is 3.54. The molecule has 1 fully saturated rings. The predicted octanol–water partition coefficient (Wildman–Crippen LogP) is 1.89. The molecule has 0 aromatic carbocycles. The van der Waals surface area contributed by atoms with Crippen LogP contribution in [0.3, 0.4) is 0 Å². The molecule has 4 nitrogen and oxygen atoms in total. The van der Waals surface area contributed by atoms with Gasteiger partial charge in [0.25, 0.3) is 0 Å². The molecule has 1 atom stereocenters. The second-order valence-corrected chi connectivity index (χ2v) is 5.19. The standard InChI is InChI=1S/C10H11BrN2O2S/c1-15-8-2-6(11)4-12-10(8)13-5-7(16)3-9(13)14/h2,4,7,16H,3,5H2,1H3. The fraction of sp³-hybridized carbons (Fsp3) is 0.400. The number of anilines is 1. The quantitative estimate of drug-likeness (QED) is 0.848. The van der Waals surface area contributed by atoms with Crippen molar-refractivity contribution >= 4 is 40.3 Å². The van der Waals surface area contributed by atoms with E-state index in [1.54, 1.807) is 24.3 Å². The molecule has 1 unspecified atom stereocenters. The van der Waals surface area contributed by atoms with E-state index in [0.29, 0.717) is 24.5 Å². The van der Waals surface area contributed by atoms with Gasteiger partial charge in [-0.15, -0.1) is 0 Å². The molecule has 86 valence electrons. The van der Waals surface area contributed by atoms with Crippen molar-refractivity contribution in [3.05, 3.63) is 16.7 Å². The molecule has 1 aromatic rings. The summed E-state index contributed by atoms with van der Waals surface area (Å²) in [5.41, 5.74) is 0. The second kappa shape index (κ2) is 4.63. The summed E-state index contributed by atoms with van der Waals surface area (Å²) in [6.45, 7) is 0.576. The molecule has 16 heavy (non-hydrogen) atoms. The molecule has 1 amide bonds. The van der Waals surface area contributed by atoms with Crippen LogP contribution in [0.5, 0.6) is 5.75 Å². The number of amides is 1. The number of ether oxygens (including phenoxy) is 1. The minimum atomic E-state index is 0.0353. The van der Waals surface area contributed by atoms with Crippen LogP contribution >= 0.6 is 28.6 Å². The van der Waals surface area contributed by atoms with E-state index in [1.165, 1.54) is 0 Å². The van der Waals surface area contributed by atoms with Crippen LogP contribution in [-0.4, -0.2) is 29.8 Å². The first-order chi connectivity index (χ1) is 7.61. The van der Waals surface area contributed by atoms with Crippen molar-refractivity contribution in [1.29, 1.82) is 0 Å². The average Bonchev–Trinajstić information content (AvgIpc) is 2.57. The van der Waals surface area contributed by atoms with Gasteiger partial charge in [-0.05, 0) is 22.0 Å². The summed E-state index contributed by atoms with van der Waals surface area (Å²) in [5, 5.41) is 0.0719. The van der Waals surface area contributed by atoms with Gasteiger partial charge >= 0.3 is 0 Å². The van der Waals surface area contributed by atoms with Gasteiger partial charge in [0.2, 0.25) is 5.91 Å². The average molecular weight is 303 g/mol. The lowest BCUT2D eigenvalue weighted by Crippen LogP contribution is -2.26. The van der Waals surface area contributed by atoms with Gasteiger partial charge in [0.1, 0.15) is 0 Å². The minimum absolute atomic E-state index is 0.0353. The van der Waals surface area contributed by atoms with Gasteiger partial charge in [-0.25, -0.2) is 4.98 Å². The first-order valence-corrected chi connectivity index (χ1v) is 6.10. The molecule has 0 spiro atoms. The van der Waals surface area contributed by atoms with Gasteiger partial charge in [-0.2, -0.15) is 12.6 Å². The minimum Gasteiger partial charge on any atom is -0.493 e. The Balaban J connectivity index is 2.36. The van der Waals surface area contributed by atoms with E-state index in [2.05, 4.69) is 33.5 Å². The topological polar surface area (TPSA) is 42.4 Å². The Labute approximate surface area is 108 Å². The van der Waals surface area contributed by atoms with Gasteiger partial charge in [-0.3, -0.25) is 9.69 Å². The van der Waals surface area contributed by atoms with Crippen LogP contribution in [0, 0.1) is 0 Å². The maximum absolute atomic E-state index is 11.7. The van der Waals surface area contributed by atoms with Gasteiger partial charge < -0.3 is 4.74 Å². The van der Waals surface area contributed by atoms with Crippen molar-refractivity contribution in [3.8, 4) is 5.75 Å². The van der Waals surface area contributed by atoms with Crippen molar-refractivity contribution in [1.82, 2.24) is 4.98 Å². The molecule has 2 heterocycles. The Hall–Kier alpha value is -0.750. The summed E-state index contributed by atoms with van der Waals surface area (Å²) in [4.78, 5) is 17.5. The number of pyridine rings is 1. The lowest BCUT2D eigenvalue weighted by molar-refractivity contribution is -0.117. The molecule has 0 bridgehead atoms. The predicted molar refractivity (Wildman–Crippen MR) is 68.2 cm³/mol.